The van der Waals surface area contributed by atoms with Crippen LogP contribution in [0.3, 0.4) is 0 Å². The highest BCUT2D eigenvalue weighted by Gasteiger charge is 2.46. The van der Waals surface area contributed by atoms with Gasteiger partial charge in [-0.15, -0.1) is 10.8 Å². The van der Waals surface area contributed by atoms with E-state index in [1.54, 1.807) is 0 Å². The zero-order valence-corrected chi connectivity index (χ0v) is 9.79. The molecule has 1 fully saturated rings. The Kier molecular flexibility index (Phi) is 3.22. The second-order valence-electron chi connectivity index (χ2n) is 3.11. The normalized spacial score (nSPS) is 36.8. The molecule has 0 aromatic carbocycles. The highest BCUT2D eigenvalue weighted by molar-refractivity contribution is 9.15. The fraction of sp³-hybridized carbons (Fsp3) is 1.00. The van der Waals surface area contributed by atoms with Crippen molar-refractivity contribution in [3.63, 3.8) is 0 Å². The molecule has 0 aromatic heterocycles. The van der Waals surface area contributed by atoms with Crippen LogP contribution in [0.25, 0.3) is 0 Å². The zero-order valence-electron chi connectivity index (χ0n) is 7.27. The molecule has 0 aliphatic carbocycles. The Hall–Kier alpha value is 0.850. The van der Waals surface area contributed by atoms with Crippen LogP contribution in [0, 0.1) is 0 Å². The molecule has 0 radical (unpaired) electrons. The standard InChI is InChI=1S/C6H15O3PS2/c1-6(2)12(10(7,8)9)5-3-4-11-12/h6H,3-5H2,1-2H3,(H2,7,8,9). The van der Waals surface area contributed by atoms with Crippen molar-refractivity contribution in [3.8, 4) is 0 Å². The first-order valence-corrected chi connectivity index (χ1v) is 9.48. The van der Waals surface area contributed by atoms with E-state index in [1.807, 2.05) is 13.8 Å². The fourth-order valence-electron chi connectivity index (χ4n) is 1.36. The molecule has 1 unspecified atom stereocenters. The summed E-state index contributed by atoms with van der Waals surface area (Å²) in [4.78, 5) is 18.5. The number of hydrogen-bond acceptors (Lipinski definition) is 2. The van der Waals surface area contributed by atoms with Crippen LogP contribution >= 0.6 is 26.3 Å². The SMILES string of the molecule is CC(C)S1(P(=O)(O)O)CCCS1. The van der Waals surface area contributed by atoms with Crippen LogP contribution in [-0.4, -0.2) is 26.5 Å². The molecule has 6 heteroatoms. The maximum absolute atomic E-state index is 11.3. The van der Waals surface area contributed by atoms with E-state index < -0.39 is 15.5 Å². The van der Waals surface area contributed by atoms with Gasteiger partial charge in [-0.05, 0) is 12.2 Å². The van der Waals surface area contributed by atoms with Gasteiger partial charge in [0.15, 0.2) is 0 Å². The van der Waals surface area contributed by atoms with Gasteiger partial charge in [-0.1, -0.05) is 22.5 Å². The predicted molar refractivity (Wildman–Crippen MR) is 56.7 cm³/mol. The molecule has 0 bridgehead atoms. The lowest BCUT2D eigenvalue weighted by Crippen LogP contribution is -2.08. The van der Waals surface area contributed by atoms with E-state index in [2.05, 4.69) is 0 Å². The summed E-state index contributed by atoms with van der Waals surface area (Å²) in [7, 11) is -0.186. The van der Waals surface area contributed by atoms with E-state index >= 15 is 0 Å². The Morgan fingerprint density at radius 3 is 2.25 bits per heavy atom. The second kappa shape index (κ2) is 3.54. The monoisotopic (exact) mass is 230 g/mol. The molecule has 1 rings (SSSR count). The van der Waals surface area contributed by atoms with Crippen molar-refractivity contribution in [3.05, 3.63) is 0 Å². The summed E-state index contributed by atoms with van der Waals surface area (Å²) in [6.07, 6.45) is 0.962. The highest BCUT2D eigenvalue weighted by atomic mass is 33.4. The van der Waals surface area contributed by atoms with Crippen LogP contribution in [-0.2, 0) is 4.57 Å². The lowest BCUT2D eigenvalue weighted by molar-refractivity contribution is 0.395. The minimum Gasteiger partial charge on any atom is -0.317 e. The number of rotatable bonds is 2. The molecule has 1 aliphatic heterocycles. The van der Waals surface area contributed by atoms with Gasteiger partial charge in [-0.3, -0.25) is 0 Å². The zero-order chi connectivity index (χ0) is 9.41. The highest BCUT2D eigenvalue weighted by Crippen LogP contribution is 2.88. The molecule has 0 spiro atoms. The van der Waals surface area contributed by atoms with E-state index in [4.69, 9.17) is 0 Å². The third-order valence-electron chi connectivity index (χ3n) is 2.01. The van der Waals surface area contributed by atoms with Crippen LogP contribution < -0.4 is 0 Å². The van der Waals surface area contributed by atoms with Gasteiger partial charge >= 0.3 is 6.80 Å². The van der Waals surface area contributed by atoms with E-state index in [1.165, 1.54) is 10.8 Å². The van der Waals surface area contributed by atoms with Crippen LogP contribution in [0.1, 0.15) is 20.3 Å². The van der Waals surface area contributed by atoms with Gasteiger partial charge in [0.2, 0.25) is 0 Å². The molecule has 74 valence electrons. The molecule has 1 atom stereocenters. The van der Waals surface area contributed by atoms with Crippen LogP contribution in [0.4, 0.5) is 0 Å². The molecular weight excluding hydrogens is 215 g/mol. The van der Waals surface area contributed by atoms with Gasteiger partial charge in [0.25, 0.3) is 0 Å². The Morgan fingerprint density at radius 1 is 1.50 bits per heavy atom. The molecule has 0 aromatic rings. The van der Waals surface area contributed by atoms with Crippen molar-refractivity contribution in [2.75, 3.05) is 11.5 Å². The maximum atomic E-state index is 11.3. The quantitative estimate of drug-likeness (QED) is 0.564. The summed E-state index contributed by atoms with van der Waals surface area (Å²) in [6.45, 7) is -0.00745. The average Bonchev–Trinajstić information content (AvgIpc) is 2.31. The first-order valence-electron chi connectivity index (χ1n) is 3.90. The summed E-state index contributed by atoms with van der Waals surface area (Å²) >= 11 is 0. The van der Waals surface area contributed by atoms with Crippen LogP contribution in [0.5, 0.6) is 0 Å². The molecule has 3 nitrogen and oxygen atoms in total. The minimum atomic E-state index is -3.85. The van der Waals surface area contributed by atoms with Crippen LogP contribution in [0.15, 0.2) is 0 Å². The molecule has 12 heavy (non-hydrogen) atoms. The Labute approximate surface area is 77.9 Å². The maximum Gasteiger partial charge on any atom is 0.375 e. The van der Waals surface area contributed by atoms with Crippen LogP contribution in [0.2, 0.25) is 0 Å². The molecule has 1 aliphatic rings. The average molecular weight is 230 g/mol. The van der Waals surface area contributed by atoms with Gasteiger partial charge in [-0.25, -0.2) is 4.57 Å². The third kappa shape index (κ3) is 1.70. The van der Waals surface area contributed by atoms with Gasteiger partial charge < -0.3 is 9.79 Å². The van der Waals surface area contributed by atoms with Crippen molar-refractivity contribution in [2.45, 2.75) is 25.5 Å². The topological polar surface area (TPSA) is 57.5 Å². The van der Waals surface area contributed by atoms with E-state index in [9.17, 15) is 14.4 Å². The van der Waals surface area contributed by atoms with Gasteiger partial charge in [0.1, 0.15) is 0 Å². The Bertz CT molecular complexity index is 207. The predicted octanol–water partition coefficient (Wildman–Crippen LogP) is 2.34. The molecule has 2 N–H and O–H groups in total. The second-order valence-corrected chi connectivity index (χ2v) is 14.1. The summed E-state index contributed by atoms with van der Waals surface area (Å²) in [5.74, 6) is 1.65. The van der Waals surface area contributed by atoms with Crippen molar-refractivity contribution in [1.29, 1.82) is 0 Å². The minimum absolute atomic E-state index is 0.130. The molecule has 0 amide bonds. The summed E-state index contributed by atoms with van der Waals surface area (Å²) in [6, 6.07) is 0. The largest absolute Gasteiger partial charge is 0.375 e. The molecule has 0 saturated carbocycles. The Balaban J connectivity index is 2.95. The van der Waals surface area contributed by atoms with E-state index in [0.717, 1.165) is 17.9 Å². The lowest BCUT2D eigenvalue weighted by atomic mass is 10.6. The number of hydrogen-bond donors (Lipinski definition) is 2. The van der Waals surface area contributed by atoms with Crippen molar-refractivity contribution >= 4 is 26.3 Å². The Morgan fingerprint density at radius 2 is 2.08 bits per heavy atom. The van der Waals surface area contributed by atoms with Crippen molar-refractivity contribution in [1.82, 2.24) is 0 Å². The van der Waals surface area contributed by atoms with Gasteiger partial charge in [-0.2, -0.15) is 0 Å². The van der Waals surface area contributed by atoms with Crippen molar-refractivity contribution in [2.24, 2.45) is 0 Å². The molecular formula is C6H15O3PS2. The summed E-state index contributed by atoms with van der Waals surface area (Å²) in [5.41, 5.74) is 0. The van der Waals surface area contributed by atoms with E-state index in [-0.39, 0.29) is 5.25 Å². The molecule has 1 saturated heterocycles. The molecule has 1 heterocycles. The first kappa shape index (κ1) is 10.9. The van der Waals surface area contributed by atoms with E-state index in [0.29, 0.717) is 0 Å². The third-order valence-corrected chi connectivity index (χ3v) is 16.3. The summed E-state index contributed by atoms with van der Waals surface area (Å²) < 4.78 is 11.3. The van der Waals surface area contributed by atoms with Gasteiger partial charge in [0.05, 0.1) is 0 Å². The first-order chi connectivity index (χ1) is 5.40. The summed E-state index contributed by atoms with van der Waals surface area (Å²) in [5, 5.41) is 0.130. The fourth-order valence-corrected chi connectivity index (χ4v) is 12.2. The van der Waals surface area contributed by atoms with Crippen molar-refractivity contribution < 1.29 is 14.4 Å². The lowest BCUT2D eigenvalue weighted by Gasteiger charge is -2.38. The smallest absolute Gasteiger partial charge is 0.317 e. The van der Waals surface area contributed by atoms with Gasteiger partial charge in [0, 0.05) is 11.0 Å².